The van der Waals surface area contributed by atoms with Gasteiger partial charge in [-0.05, 0) is 27.8 Å². The van der Waals surface area contributed by atoms with Gasteiger partial charge < -0.3 is 4.48 Å². The highest BCUT2D eigenvalue weighted by atomic mass is 15.6. The fourth-order valence-corrected chi connectivity index (χ4v) is 2.64. The molecule has 0 radical (unpaired) electrons. The first-order valence-electron chi connectivity index (χ1n) is 5.14. The summed E-state index contributed by atoms with van der Waals surface area (Å²) in [4.78, 5) is 2.50. The highest BCUT2D eigenvalue weighted by Crippen LogP contribution is 2.43. The van der Waals surface area contributed by atoms with Crippen LogP contribution in [0.3, 0.4) is 0 Å². The van der Waals surface area contributed by atoms with Gasteiger partial charge in [-0.2, -0.15) is 0 Å². The molecule has 0 bridgehead atoms. The number of quaternary nitrogens is 1. The van der Waals surface area contributed by atoms with Crippen molar-refractivity contribution < 1.29 is 4.48 Å². The van der Waals surface area contributed by atoms with Gasteiger partial charge in [-0.1, -0.05) is 0 Å². The molecule has 2 heteroatoms. The first-order valence-corrected chi connectivity index (χ1v) is 5.14. The molecule has 0 amide bonds. The smallest absolute Gasteiger partial charge is 0.150 e. The average molecular weight is 185 g/mol. The lowest BCUT2D eigenvalue weighted by Gasteiger charge is -2.42. The Bertz CT molecular complexity index is 194. The van der Waals surface area contributed by atoms with E-state index in [-0.39, 0.29) is 11.2 Å². The average Bonchev–Trinajstić information content (AvgIpc) is 2.05. The van der Waals surface area contributed by atoms with Gasteiger partial charge in [-0.15, -0.1) is 0 Å². The van der Waals surface area contributed by atoms with Crippen molar-refractivity contribution in [2.75, 3.05) is 21.1 Å². The molecule has 13 heavy (non-hydrogen) atoms. The maximum absolute atomic E-state index is 2.50. The van der Waals surface area contributed by atoms with E-state index in [0.29, 0.717) is 6.04 Å². The number of hydrogen-bond acceptors (Lipinski definition) is 1. The van der Waals surface area contributed by atoms with Gasteiger partial charge in [0.1, 0.15) is 11.7 Å². The molecule has 0 aromatic heterocycles. The van der Waals surface area contributed by atoms with E-state index in [2.05, 4.69) is 60.7 Å². The summed E-state index contributed by atoms with van der Waals surface area (Å²) in [5, 5.41) is 0. The highest BCUT2D eigenvalue weighted by Gasteiger charge is 2.60. The molecule has 2 nitrogen and oxygen atoms in total. The van der Waals surface area contributed by atoms with Gasteiger partial charge in [0.25, 0.3) is 0 Å². The third-order valence-corrected chi connectivity index (χ3v) is 5.09. The van der Waals surface area contributed by atoms with Crippen LogP contribution in [0.25, 0.3) is 0 Å². The Hall–Kier alpha value is -0.0800. The molecule has 1 heterocycles. The van der Waals surface area contributed by atoms with E-state index < -0.39 is 0 Å². The van der Waals surface area contributed by atoms with E-state index in [0.717, 1.165) is 4.48 Å². The third kappa shape index (κ3) is 1.08. The van der Waals surface area contributed by atoms with E-state index in [1.54, 1.807) is 0 Å². The van der Waals surface area contributed by atoms with Crippen LogP contribution in [0.2, 0.25) is 0 Å². The summed E-state index contributed by atoms with van der Waals surface area (Å²) < 4.78 is 1.07. The van der Waals surface area contributed by atoms with Gasteiger partial charge in [0.05, 0.1) is 19.6 Å². The predicted octanol–water partition coefficient (Wildman–Crippen LogP) is 1.91. The second-order valence-electron chi connectivity index (χ2n) is 5.92. The zero-order valence-electron chi connectivity index (χ0n) is 10.5. The summed E-state index contributed by atoms with van der Waals surface area (Å²) in [5.41, 5.74) is 0.510. The van der Waals surface area contributed by atoms with Gasteiger partial charge in [-0.25, -0.2) is 4.90 Å². The standard InChI is InChI=1S/C11H25N2/c1-9-10(2,3)12(6)11(4,5)13(9,7)8/h9H,1-8H3/q+1. The van der Waals surface area contributed by atoms with E-state index in [1.165, 1.54) is 0 Å². The first kappa shape index (κ1) is 11.0. The lowest BCUT2D eigenvalue weighted by molar-refractivity contribution is -0.952. The number of likely N-dealkylation sites (N-methyl/N-ethyl adjacent to an activating group) is 2. The van der Waals surface area contributed by atoms with Crippen LogP contribution >= 0.6 is 0 Å². The van der Waals surface area contributed by atoms with Crippen LogP contribution < -0.4 is 0 Å². The lowest BCUT2D eigenvalue weighted by atomic mass is 9.96. The minimum Gasteiger partial charge on any atom is -0.308 e. The van der Waals surface area contributed by atoms with E-state index >= 15 is 0 Å². The first-order chi connectivity index (χ1) is 5.56. The fraction of sp³-hybridized carbons (Fsp3) is 1.00. The van der Waals surface area contributed by atoms with Crippen molar-refractivity contribution >= 4 is 0 Å². The maximum atomic E-state index is 2.50. The van der Waals surface area contributed by atoms with E-state index in [4.69, 9.17) is 0 Å². The second kappa shape index (κ2) is 2.48. The SMILES string of the molecule is CC1C(C)(C)N(C)C(C)(C)[N+]1(C)C. The molecule has 0 aromatic rings. The highest BCUT2D eigenvalue weighted by molar-refractivity contribution is 4.97. The molecule has 1 aliphatic heterocycles. The number of rotatable bonds is 0. The molecule has 1 unspecified atom stereocenters. The quantitative estimate of drug-likeness (QED) is 0.521. The fourth-order valence-electron chi connectivity index (χ4n) is 2.64. The summed E-state index contributed by atoms with van der Waals surface area (Å²) in [6.07, 6.45) is 0. The number of hydrogen-bond donors (Lipinski definition) is 0. The van der Waals surface area contributed by atoms with Crippen LogP contribution in [0, 0.1) is 0 Å². The molecule has 0 aliphatic carbocycles. The van der Waals surface area contributed by atoms with Crippen LogP contribution in [-0.4, -0.2) is 47.8 Å². The zero-order valence-corrected chi connectivity index (χ0v) is 10.5. The summed E-state index contributed by atoms with van der Waals surface area (Å²) in [6, 6.07) is 0.660. The molecule has 1 aliphatic rings. The summed E-state index contributed by atoms with van der Waals surface area (Å²) in [6.45, 7) is 11.7. The Morgan fingerprint density at radius 3 is 1.54 bits per heavy atom. The Balaban J connectivity index is 3.20. The molecule has 1 fully saturated rings. The molecule has 1 saturated heterocycles. The Kier molecular flexibility index (Phi) is 2.10. The van der Waals surface area contributed by atoms with Gasteiger partial charge in [0.15, 0.2) is 0 Å². The molecular weight excluding hydrogens is 160 g/mol. The normalized spacial score (nSPS) is 36.5. The minimum atomic E-state index is 0.225. The lowest BCUT2D eigenvalue weighted by Crippen LogP contribution is -2.58. The van der Waals surface area contributed by atoms with Crippen LogP contribution in [-0.2, 0) is 0 Å². The summed E-state index contributed by atoms with van der Waals surface area (Å²) in [5.74, 6) is 0. The van der Waals surface area contributed by atoms with Crippen LogP contribution in [0.15, 0.2) is 0 Å². The minimum absolute atomic E-state index is 0.225. The summed E-state index contributed by atoms with van der Waals surface area (Å²) >= 11 is 0. The van der Waals surface area contributed by atoms with E-state index in [9.17, 15) is 0 Å². The topological polar surface area (TPSA) is 3.24 Å². The van der Waals surface area contributed by atoms with Crippen molar-refractivity contribution in [2.24, 2.45) is 0 Å². The van der Waals surface area contributed by atoms with Crippen molar-refractivity contribution in [3.8, 4) is 0 Å². The van der Waals surface area contributed by atoms with Gasteiger partial charge in [0.2, 0.25) is 0 Å². The Morgan fingerprint density at radius 1 is 1.08 bits per heavy atom. The summed E-state index contributed by atoms with van der Waals surface area (Å²) in [7, 11) is 6.90. The molecule has 78 valence electrons. The molecular formula is C11H25N2+. The van der Waals surface area contributed by atoms with E-state index in [1.807, 2.05) is 0 Å². The van der Waals surface area contributed by atoms with Crippen LogP contribution in [0.5, 0.6) is 0 Å². The van der Waals surface area contributed by atoms with Crippen molar-refractivity contribution in [3.05, 3.63) is 0 Å². The van der Waals surface area contributed by atoms with Crippen molar-refractivity contribution in [1.82, 2.24) is 4.90 Å². The molecule has 0 saturated carbocycles. The molecule has 0 aromatic carbocycles. The largest absolute Gasteiger partial charge is 0.308 e. The van der Waals surface area contributed by atoms with Gasteiger partial charge >= 0.3 is 0 Å². The van der Waals surface area contributed by atoms with Gasteiger partial charge in [-0.3, -0.25) is 0 Å². The van der Waals surface area contributed by atoms with Crippen LogP contribution in [0.1, 0.15) is 34.6 Å². The zero-order chi connectivity index (χ0) is 10.7. The monoisotopic (exact) mass is 185 g/mol. The van der Waals surface area contributed by atoms with Gasteiger partial charge in [0, 0.05) is 13.8 Å². The molecule has 1 atom stereocenters. The molecule has 0 N–H and O–H groups in total. The number of nitrogens with zero attached hydrogens (tertiary/aromatic N) is 2. The molecule has 1 rings (SSSR count). The molecule has 0 spiro atoms. The Morgan fingerprint density at radius 2 is 1.46 bits per heavy atom. The second-order valence-corrected chi connectivity index (χ2v) is 5.92. The third-order valence-electron chi connectivity index (χ3n) is 5.09. The van der Waals surface area contributed by atoms with Crippen molar-refractivity contribution in [1.29, 1.82) is 0 Å². The maximum Gasteiger partial charge on any atom is 0.150 e. The Labute approximate surface area is 83.1 Å². The predicted molar refractivity (Wildman–Crippen MR) is 57.5 cm³/mol. The van der Waals surface area contributed by atoms with Crippen molar-refractivity contribution in [3.63, 3.8) is 0 Å². The van der Waals surface area contributed by atoms with Crippen LogP contribution in [0.4, 0.5) is 0 Å². The van der Waals surface area contributed by atoms with Crippen molar-refractivity contribution in [2.45, 2.75) is 51.9 Å².